The number of aromatic nitrogens is 1. The first-order chi connectivity index (χ1) is 9.52. The van der Waals surface area contributed by atoms with Crippen molar-refractivity contribution in [3.63, 3.8) is 0 Å². The van der Waals surface area contributed by atoms with Crippen LogP contribution in [0.5, 0.6) is 0 Å². The Morgan fingerprint density at radius 1 is 1.38 bits per heavy atom. The third kappa shape index (κ3) is 4.78. The Kier molecular flexibility index (Phi) is 5.46. The minimum atomic E-state index is -4.06. The Hall–Kier alpha value is -1.48. The van der Waals surface area contributed by atoms with Crippen LogP contribution in [0.1, 0.15) is 31.3 Å². The van der Waals surface area contributed by atoms with Crippen molar-refractivity contribution in [3.8, 4) is 0 Å². The first-order valence-electron chi connectivity index (χ1n) is 6.34. The molecule has 1 unspecified atom stereocenters. The molecule has 1 atom stereocenters. The molecule has 1 amide bonds. The summed E-state index contributed by atoms with van der Waals surface area (Å²) in [6.45, 7) is 4.76. The highest BCUT2D eigenvalue weighted by atomic mass is 32.2. The van der Waals surface area contributed by atoms with Gasteiger partial charge in [0, 0.05) is 12.2 Å². The Balaban J connectivity index is 3.14. The number of nitrogens with one attached hydrogen (secondary N) is 1. The summed E-state index contributed by atoms with van der Waals surface area (Å²) >= 11 is 0. The Morgan fingerprint density at radius 3 is 2.38 bits per heavy atom. The normalized spacial score (nSPS) is 13.7. The Bertz CT molecular complexity index is 611. The quantitative estimate of drug-likeness (QED) is 0.823. The molecule has 0 saturated heterocycles. The number of carbonyl (C=O) groups is 1. The van der Waals surface area contributed by atoms with E-state index in [0.717, 1.165) is 16.8 Å². The number of amides is 1. The van der Waals surface area contributed by atoms with E-state index in [1.54, 1.807) is 6.92 Å². The minimum absolute atomic E-state index is 0.144. The summed E-state index contributed by atoms with van der Waals surface area (Å²) in [4.78, 5) is 11.7. The molecule has 0 aliphatic rings. The van der Waals surface area contributed by atoms with Crippen LogP contribution in [0.3, 0.4) is 0 Å². The van der Waals surface area contributed by atoms with Crippen molar-refractivity contribution in [1.82, 2.24) is 9.88 Å². The van der Waals surface area contributed by atoms with Crippen molar-refractivity contribution in [2.75, 3.05) is 0 Å². The number of alkyl halides is 2. The van der Waals surface area contributed by atoms with Gasteiger partial charge in [-0.3, -0.25) is 4.79 Å². The number of carbonyl (C=O) groups excluding carboxylic acids is 1. The molecule has 6 nitrogen and oxygen atoms in total. The number of sulfonamides is 1. The van der Waals surface area contributed by atoms with Gasteiger partial charge in [-0.05, 0) is 18.9 Å². The van der Waals surface area contributed by atoms with E-state index >= 15 is 0 Å². The molecule has 0 radical (unpaired) electrons. The molecule has 1 aromatic heterocycles. The fraction of sp³-hybridized carbons (Fsp3) is 0.583. The maximum Gasteiger partial charge on any atom is 0.268 e. The van der Waals surface area contributed by atoms with E-state index in [1.807, 2.05) is 13.8 Å². The van der Waals surface area contributed by atoms with Crippen LogP contribution in [0.2, 0.25) is 0 Å². The van der Waals surface area contributed by atoms with Crippen LogP contribution >= 0.6 is 0 Å². The lowest BCUT2D eigenvalue weighted by molar-refractivity contribution is 0.0908. The molecule has 1 heterocycles. The van der Waals surface area contributed by atoms with Crippen LogP contribution < -0.4 is 10.5 Å². The molecule has 0 aromatic carbocycles. The highest BCUT2D eigenvalue weighted by Crippen LogP contribution is 2.15. The number of primary sulfonamides is 1. The van der Waals surface area contributed by atoms with E-state index in [2.05, 4.69) is 5.32 Å². The smallest absolute Gasteiger partial charge is 0.268 e. The summed E-state index contributed by atoms with van der Waals surface area (Å²) < 4.78 is 48.5. The lowest BCUT2D eigenvalue weighted by Crippen LogP contribution is -2.37. The van der Waals surface area contributed by atoms with Crippen molar-refractivity contribution < 1.29 is 22.0 Å². The predicted octanol–water partition coefficient (Wildman–Crippen LogP) is 1.17. The lowest BCUT2D eigenvalue weighted by Gasteiger charge is -2.18. The summed E-state index contributed by atoms with van der Waals surface area (Å²) in [5.74, 6) is -0.475. The molecule has 0 bridgehead atoms. The van der Waals surface area contributed by atoms with Gasteiger partial charge in [-0.2, -0.15) is 0 Å². The van der Waals surface area contributed by atoms with Gasteiger partial charge >= 0.3 is 0 Å². The molecule has 1 aromatic rings. The number of hydrogen-bond acceptors (Lipinski definition) is 3. The topological polar surface area (TPSA) is 94.2 Å². The first kappa shape index (κ1) is 17.6. The molecule has 0 aliphatic heterocycles. The van der Waals surface area contributed by atoms with Crippen LogP contribution in [-0.4, -0.2) is 31.4 Å². The molecule has 120 valence electrons. The minimum Gasteiger partial charge on any atom is -0.348 e. The second-order valence-corrected chi connectivity index (χ2v) is 6.72. The van der Waals surface area contributed by atoms with E-state index in [9.17, 15) is 22.0 Å². The van der Waals surface area contributed by atoms with Gasteiger partial charge in [0.2, 0.25) is 10.0 Å². The van der Waals surface area contributed by atoms with Gasteiger partial charge in [-0.15, -0.1) is 0 Å². The zero-order chi connectivity index (χ0) is 16.4. The fourth-order valence-corrected chi connectivity index (χ4v) is 2.13. The second-order valence-electron chi connectivity index (χ2n) is 5.16. The maximum atomic E-state index is 12.5. The van der Waals surface area contributed by atoms with Gasteiger partial charge in [-0.1, -0.05) is 13.8 Å². The summed E-state index contributed by atoms with van der Waals surface area (Å²) in [7, 11) is -4.06. The van der Waals surface area contributed by atoms with E-state index in [-0.39, 0.29) is 22.5 Å². The molecule has 0 spiro atoms. The average molecular weight is 323 g/mol. The highest BCUT2D eigenvalue weighted by molar-refractivity contribution is 7.89. The number of rotatable bonds is 6. The lowest BCUT2D eigenvalue weighted by atomic mass is 10.1. The Morgan fingerprint density at radius 2 is 1.95 bits per heavy atom. The first-order valence-corrected chi connectivity index (χ1v) is 7.89. The van der Waals surface area contributed by atoms with Crippen molar-refractivity contribution >= 4 is 15.9 Å². The van der Waals surface area contributed by atoms with Crippen molar-refractivity contribution in [3.05, 3.63) is 18.0 Å². The molecule has 1 rings (SSSR count). The Labute approximate surface area is 122 Å². The molecule has 9 heteroatoms. The van der Waals surface area contributed by atoms with Gasteiger partial charge in [0.15, 0.2) is 0 Å². The van der Waals surface area contributed by atoms with Gasteiger partial charge in [0.25, 0.3) is 12.3 Å². The van der Waals surface area contributed by atoms with E-state index in [0.29, 0.717) is 0 Å². The van der Waals surface area contributed by atoms with Crippen LogP contribution in [0, 0.1) is 5.92 Å². The van der Waals surface area contributed by atoms with Crippen LogP contribution in [0.25, 0.3) is 0 Å². The third-order valence-corrected chi connectivity index (χ3v) is 4.01. The van der Waals surface area contributed by atoms with Gasteiger partial charge in [0.05, 0.1) is 6.54 Å². The molecular formula is C12H19F2N3O3S. The number of nitrogens with zero attached hydrogens (tertiary/aromatic N) is 1. The molecular weight excluding hydrogens is 304 g/mol. The third-order valence-electron chi connectivity index (χ3n) is 3.13. The van der Waals surface area contributed by atoms with E-state index in [1.165, 1.54) is 0 Å². The van der Waals surface area contributed by atoms with E-state index in [4.69, 9.17) is 5.14 Å². The summed E-state index contributed by atoms with van der Waals surface area (Å²) in [5, 5.41) is 7.59. The number of halogens is 2. The average Bonchev–Trinajstić information content (AvgIpc) is 2.71. The van der Waals surface area contributed by atoms with Crippen molar-refractivity contribution in [2.45, 2.75) is 44.7 Å². The maximum absolute atomic E-state index is 12.5. The molecule has 3 N–H and O–H groups in total. The summed E-state index contributed by atoms with van der Waals surface area (Å²) in [6.07, 6.45) is -1.78. The number of nitrogens with two attached hydrogens (primary N) is 1. The van der Waals surface area contributed by atoms with Crippen molar-refractivity contribution in [2.24, 2.45) is 11.1 Å². The standard InChI is InChI=1S/C12H19F2N3O3S/c1-7(2)8(3)16-12(18)10-4-9(21(15,19)20)5-17(10)6-11(13)14/h4-5,7-8,11H,6H2,1-3H3,(H,16,18)(H2,15,19,20). The van der Waals surface area contributed by atoms with Crippen LogP contribution in [-0.2, 0) is 16.6 Å². The molecule has 0 saturated carbocycles. The predicted molar refractivity (Wildman–Crippen MR) is 73.6 cm³/mol. The zero-order valence-electron chi connectivity index (χ0n) is 12.0. The zero-order valence-corrected chi connectivity index (χ0v) is 12.8. The van der Waals surface area contributed by atoms with Gasteiger partial charge in [0.1, 0.15) is 10.6 Å². The van der Waals surface area contributed by atoms with Crippen LogP contribution in [0.4, 0.5) is 8.78 Å². The summed E-state index contributed by atoms with van der Waals surface area (Å²) in [5.41, 5.74) is -0.160. The van der Waals surface area contributed by atoms with Crippen LogP contribution in [0.15, 0.2) is 17.2 Å². The highest BCUT2D eigenvalue weighted by Gasteiger charge is 2.22. The van der Waals surface area contributed by atoms with Crippen molar-refractivity contribution in [1.29, 1.82) is 0 Å². The fourth-order valence-electron chi connectivity index (χ4n) is 1.58. The second kappa shape index (κ2) is 6.52. The summed E-state index contributed by atoms with van der Waals surface area (Å²) in [6, 6.07) is 0.811. The largest absolute Gasteiger partial charge is 0.348 e. The van der Waals surface area contributed by atoms with Gasteiger partial charge in [-0.25, -0.2) is 22.3 Å². The van der Waals surface area contributed by atoms with E-state index < -0.39 is 28.9 Å². The molecule has 21 heavy (non-hydrogen) atoms. The molecule has 0 aliphatic carbocycles. The monoisotopic (exact) mass is 323 g/mol. The van der Waals surface area contributed by atoms with Gasteiger partial charge < -0.3 is 9.88 Å². The molecule has 0 fully saturated rings. The SMILES string of the molecule is CC(C)C(C)NC(=O)c1cc(S(N)(=O)=O)cn1CC(F)F. The number of hydrogen-bond donors (Lipinski definition) is 2.